The van der Waals surface area contributed by atoms with E-state index in [1.807, 2.05) is 37.3 Å². The van der Waals surface area contributed by atoms with Gasteiger partial charge >= 0.3 is 5.69 Å². The summed E-state index contributed by atoms with van der Waals surface area (Å²) in [6, 6.07) is 9.25. The van der Waals surface area contributed by atoms with Crippen LogP contribution >= 0.6 is 0 Å². The number of aryl methyl sites for hydroxylation is 1. The fourth-order valence-electron chi connectivity index (χ4n) is 3.11. The normalized spacial score (nSPS) is 12.5. The van der Waals surface area contributed by atoms with E-state index in [9.17, 15) is 9.59 Å². The molecule has 3 heterocycles. The molecule has 9 nitrogen and oxygen atoms in total. The molecule has 0 bridgehead atoms. The molecular weight excluding hydrogens is 346 g/mol. The van der Waals surface area contributed by atoms with Crippen LogP contribution in [0, 0.1) is 6.92 Å². The van der Waals surface area contributed by atoms with Crippen molar-refractivity contribution in [2.24, 2.45) is 0 Å². The van der Waals surface area contributed by atoms with Crippen LogP contribution in [0.2, 0.25) is 0 Å². The summed E-state index contributed by atoms with van der Waals surface area (Å²) in [6.45, 7) is 4.24. The van der Waals surface area contributed by atoms with Crippen LogP contribution < -0.4 is 11.0 Å². The molecule has 9 heteroatoms. The van der Waals surface area contributed by atoms with E-state index in [1.54, 1.807) is 11.3 Å². The number of hydrogen-bond acceptors (Lipinski definition) is 5. The lowest BCUT2D eigenvalue weighted by molar-refractivity contribution is -0.124. The Hall–Kier alpha value is -3.49. The molecule has 0 aliphatic heterocycles. The Morgan fingerprint density at radius 2 is 2.11 bits per heavy atom. The Morgan fingerprint density at radius 3 is 2.89 bits per heavy atom. The Kier molecular flexibility index (Phi) is 4.19. The summed E-state index contributed by atoms with van der Waals surface area (Å²) in [5.74, 6) is -0.195. The number of fused-ring (bicyclic) bond motifs is 3. The predicted octanol–water partition coefficient (Wildman–Crippen LogP) is 0.927. The van der Waals surface area contributed by atoms with Crippen LogP contribution in [0.25, 0.3) is 16.6 Å². The summed E-state index contributed by atoms with van der Waals surface area (Å²) in [4.78, 5) is 28.9. The highest BCUT2D eigenvalue weighted by Crippen LogP contribution is 2.17. The summed E-state index contributed by atoms with van der Waals surface area (Å²) in [6.07, 6.45) is 2.87. The number of pyridine rings is 1. The summed E-state index contributed by atoms with van der Waals surface area (Å²) >= 11 is 0. The highest BCUT2D eigenvalue weighted by atomic mass is 16.2. The average molecular weight is 365 g/mol. The van der Waals surface area contributed by atoms with Crippen molar-refractivity contribution in [1.82, 2.24) is 34.3 Å². The Morgan fingerprint density at radius 1 is 1.30 bits per heavy atom. The minimum absolute atomic E-state index is 0.195. The molecule has 0 radical (unpaired) electrons. The molecule has 0 spiro atoms. The molecule has 0 saturated carbocycles. The number of carbonyl (C=O) groups excluding carboxylic acids is 1. The van der Waals surface area contributed by atoms with Crippen molar-refractivity contribution in [3.63, 3.8) is 0 Å². The zero-order chi connectivity index (χ0) is 19.0. The number of nitrogens with zero attached hydrogens (tertiary/aromatic N) is 6. The summed E-state index contributed by atoms with van der Waals surface area (Å²) < 4.78 is 4.47. The van der Waals surface area contributed by atoms with E-state index in [-0.39, 0.29) is 18.1 Å². The zero-order valence-corrected chi connectivity index (χ0v) is 15.0. The van der Waals surface area contributed by atoms with Crippen LogP contribution in [0.1, 0.15) is 18.5 Å². The maximum Gasteiger partial charge on any atom is 0.350 e. The fraction of sp³-hybridized carbons (Fsp3) is 0.278. The van der Waals surface area contributed by atoms with Gasteiger partial charge in [-0.25, -0.2) is 23.5 Å². The van der Waals surface area contributed by atoms with Gasteiger partial charge in [0.2, 0.25) is 5.91 Å². The van der Waals surface area contributed by atoms with Crippen molar-refractivity contribution in [3.05, 3.63) is 59.0 Å². The molecular formula is C18H19N7O2. The van der Waals surface area contributed by atoms with Gasteiger partial charge in [-0.05, 0) is 36.9 Å². The number of nitrogens with one attached hydrogen (secondary N) is 1. The molecule has 1 N–H and O–H groups in total. The molecule has 1 atom stereocenters. The fourth-order valence-corrected chi connectivity index (χ4v) is 3.11. The predicted molar refractivity (Wildman–Crippen MR) is 99.4 cm³/mol. The summed E-state index contributed by atoms with van der Waals surface area (Å²) in [7, 11) is 0. The smallest absolute Gasteiger partial charge is 0.350 e. The van der Waals surface area contributed by atoms with Gasteiger partial charge in [-0.3, -0.25) is 4.79 Å². The number of aromatic nitrogens is 6. The van der Waals surface area contributed by atoms with E-state index < -0.39 is 6.04 Å². The third-order valence-corrected chi connectivity index (χ3v) is 4.58. The molecule has 27 heavy (non-hydrogen) atoms. The molecule has 0 aliphatic carbocycles. The van der Waals surface area contributed by atoms with E-state index in [1.165, 1.54) is 22.0 Å². The second-order valence-electron chi connectivity index (χ2n) is 6.39. The monoisotopic (exact) mass is 365 g/mol. The van der Waals surface area contributed by atoms with E-state index in [4.69, 9.17) is 0 Å². The second kappa shape index (κ2) is 6.67. The van der Waals surface area contributed by atoms with Crippen molar-refractivity contribution in [3.8, 4) is 0 Å². The summed E-state index contributed by atoms with van der Waals surface area (Å²) in [5, 5.41) is 12.2. The summed E-state index contributed by atoms with van der Waals surface area (Å²) in [5.41, 5.74) is 2.15. The Bertz CT molecular complexity index is 1170. The first-order valence-electron chi connectivity index (χ1n) is 8.66. The molecule has 0 fully saturated rings. The molecule has 0 aliphatic rings. The SMILES string of the molecule is Cc1cc2ccccc2n2c(=O)n(CCNC(=O)C(C)n3cncn3)nc12. The van der Waals surface area contributed by atoms with Gasteiger partial charge in [0.15, 0.2) is 5.65 Å². The minimum atomic E-state index is -0.475. The molecule has 4 rings (SSSR count). The van der Waals surface area contributed by atoms with Gasteiger partial charge in [-0.2, -0.15) is 5.10 Å². The number of benzene rings is 1. The third-order valence-electron chi connectivity index (χ3n) is 4.58. The maximum absolute atomic E-state index is 12.8. The van der Waals surface area contributed by atoms with Crippen molar-refractivity contribution in [2.75, 3.05) is 6.54 Å². The standard InChI is InChI=1S/C18H19N7O2/c1-12-9-14-5-3-4-6-15(14)25-16(12)22-23(18(25)27)8-7-20-17(26)13(2)24-11-19-10-21-24/h3-6,9-11,13H,7-8H2,1-2H3,(H,20,26). The minimum Gasteiger partial charge on any atom is -0.352 e. The Labute approximate surface area is 154 Å². The second-order valence-corrected chi connectivity index (χ2v) is 6.39. The van der Waals surface area contributed by atoms with Gasteiger partial charge in [-0.1, -0.05) is 18.2 Å². The van der Waals surface area contributed by atoms with Gasteiger partial charge in [0.05, 0.1) is 12.1 Å². The van der Waals surface area contributed by atoms with Crippen LogP contribution in [0.5, 0.6) is 0 Å². The van der Waals surface area contributed by atoms with Crippen LogP contribution in [0.3, 0.4) is 0 Å². The number of carbonyl (C=O) groups is 1. The van der Waals surface area contributed by atoms with Gasteiger partial charge in [-0.15, -0.1) is 5.10 Å². The molecule has 138 valence electrons. The Balaban J connectivity index is 1.55. The number of amides is 1. The van der Waals surface area contributed by atoms with Crippen LogP contribution in [-0.4, -0.2) is 41.4 Å². The number of para-hydroxylation sites is 1. The van der Waals surface area contributed by atoms with Crippen molar-refractivity contribution in [1.29, 1.82) is 0 Å². The van der Waals surface area contributed by atoms with Crippen molar-refractivity contribution >= 4 is 22.5 Å². The molecule has 0 saturated heterocycles. The first-order chi connectivity index (χ1) is 13.1. The maximum atomic E-state index is 12.8. The van der Waals surface area contributed by atoms with Crippen LogP contribution in [0.4, 0.5) is 0 Å². The highest BCUT2D eigenvalue weighted by molar-refractivity contribution is 5.83. The average Bonchev–Trinajstić information content (AvgIpc) is 3.31. The van der Waals surface area contributed by atoms with E-state index in [0.717, 1.165) is 16.5 Å². The number of rotatable bonds is 5. The van der Waals surface area contributed by atoms with Gasteiger partial charge in [0.25, 0.3) is 0 Å². The molecule has 1 unspecified atom stereocenters. The lowest BCUT2D eigenvalue weighted by Gasteiger charge is -2.11. The first kappa shape index (κ1) is 17.0. The highest BCUT2D eigenvalue weighted by Gasteiger charge is 2.16. The quantitative estimate of drug-likeness (QED) is 0.567. The van der Waals surface area contributed by atoms with Crippen molar-refractivity contribution < 1.29 is 4.79 Å². The molecule has 3 aromatic heterocycles. The van der Waals surface area contributed by atoms with Crippen LogP contribution in [-0.2, 0) is 11.3 Å². The largest absolute Gasteiger partial charge is 0.352 e. The van der Waals surface area contributed by atoms with Gasteiger partial charge in [0.1, 0.15) is 18.7 Å². The number of hydrogen-bond donors (Lipinski definition) is 1. The van der Waals surface area contributed by atoms with Crippen molar-refractivity contribution in [2.45, 2.75) is 26.4 Å². The topological polar surface area (TPSA) is 99.1 Å². The third kappa shape index (κ3) is 2.97. The van der Waals surface area contributed by atoms with E-state index in [2.05, 4.69) is 20.5 Å². The molecule has 1 amide bonds. The van der Waals surface area contributed by atoms with Crippen LogP contribution in [0.15, 0.2) is 47.8 Å². The van der Waals surface area contributed by atoms with E-state index in [0.29, 0.717) is 12.2 Å². The van der Waals surface area contributed by atoms with E-state index >= 15 is 0 Å². The van der Waals surface area contributed by atoms with Gasteiger partial charge < -0.3 is 5.32 Å². The lowest BCUT2D eigenvalue weighted by atomic mass is 10.1. The first-order valence-corrected chi connectivity index (χ1v) is 8.66. The zero-order valence-electron chi connectivity index (χ0n) is 15.0. The molecule has 1 aromatic carbocycles. The lowest BCUT2D eigenvalue weighted by Crippen LogP contribution is -2.35. The van der Waals surface area contributed by atoms with Gasteiger partial charge in [0, 0.05) is 6.54 Å². The molecule has 4 aromatic rings.